The number of halogens is 2. The van der Waals surface area contributed by atoms with Crippen molar-refractivity contribution in [1.82, 2.24) is 0 Å². The zero-order valence-corrected chi connectivity index (χ0v) is 13.9. The molecular weight excluding hydrogens is 335 g/mol. The second-order valence-electron chi connectivity index (χ2n) is 5.48. The third kappa shape index (κ3) is 2.31. The Morgan fingerprint density at radius 1 is 1.15 bits per heavy atom. The molecule has 2 aromatic carbocycles. The third-order valence-corrected chi connectivity index (χ3v) is 5.95. The fraction of sp³-hybridized carbons (Fsp3) is 0.294. The van der Waals surface area contributed by atoms with Crippen LogP contribution in [-0.2, 0) is 5.75 Å². The van der Waals surface area contributed by atoms with E-state index in [0.29, 0.717) is 11.7 Å². The molecule has 1 heterocycles. The Kier molecular flexibility index (Phi) is 3.91. The monoisotopic (exact) mass is 350 g/mol. The predicted molar refractivity (Wildman–Crippen MR) is 86.8 cm³/mol. The van der Waals surface area contributed by atoms with E-state index in [-0.39, 0.29) is 11.7 Å². The van der Waals surface area contributed by atoms with Gasteiger partial charge in [-0.3, -0.25) is 0 Å². The van der Waals surface area contributed by atoms with Crippen molar-refractivity contribution in [3.05, 3.63) is 63.4 Å². The topological polar surface area (TPSA) is 0 Å². The standard InChI is InChI=1S/C17H16BrFS/c1-10(2)16-11-5-4-8-15(19)13(11)9-20-17-12(16)6-3-7-14(17)18/h3-8,10,16H,9H2,1-2H3. The molecule has 104 valence electrons. The normalized spacial score (nSPS) is 17.6. The Morgan fingerprint density at radius 2 is 1.85 bits per heavy atom. The summed E-state index contributed by atoms with van der Waals surface area (Å²) in [4.78, 5) is 1.25. The van der Waals surface area contributed by atoms with Crippen LogP contribution < -0.4 is 0 Å². The lowest BCUT2D eigenvalue weighted by molar-refractivity contribution is 0.547. The fourth-order valence-electron chi connectivity index (χ4n) is 2.97. The minimum Gasteiger partial charge on any atom is -0.207 e. The van der Waals surface area contributed by atoms with Gasteiger partial charge >= 0.3 is 0 Å². The molecule has 0 radical (unpaired) electrons. The Morgan fingerprint density at radius 3 is 2.60 bits per heavy atom. The van der Waals surface area contributed by atoms with Crippen molar-refractivity contribution in [2.24, 2.45) is 5.92 Å². The van der Waals surface area contributed by atoms with E-state index in [9.17, 15) is 4.39 Å². The van der Waals surface area contributed by atoms with Gasteiger partial charge in [-0.1, -0.05) is 38.1 Å². The largest absolute Gasteiger partial charge is 0.207 e. The Balaban J connectivity index is 2.27. The number of rotatable bonds is 1. The van der Waals surface area contributed by atoms with Crippen LogP contribution in [0.5, 0.6) is 0 Å². The molecule has 0 bridgehead atoms. The van der Waals surface area contributed by atoms with Gasteiger partial charge in [-0.2, -0.15) is 0 Å². The lowest BCUT2D eigenvalue weighted by atomic mass is 9.81. The molecule has 0 fully saturated rings. The predicted octanol–water partition coefficient (Wildman–Crippen LogP) is 5.98. The van der Waals surface area contributed by atoms with E-state index in [1.165, 1.54) is 10.5 Å². The highest BCUT2D eigenvalue weighted by molar-refractivity contribution is 9.10. The van der Waals surface area contributed by atoms with Crippen LogP contribution in [0.3, 0.4) is 0 Å². The minimum atomic E-state index is -0.0791. The molecule has 0 amide bonds. The zero-order valence-electron chi connectivity index (χ0n) is 11.5. The van der Waals surface area contributed by atoms with E-state index in [0.717, 1.165) is 15.6 Å². The molecule has 0 saturated heterocycles. The van der Waals surface area contributed by atoms with E-state index in [2.05, 4.69) is 54.0 Å². The van der Waals surface area contributed by atoms with Crippen LogP contribution in [0, 0.1) is 11.7 Å². The van der Waals surface area contributed by atoms with Crippen LogP contribution >= 0.6 is 27.7 Å². The molecule has 0 N–H and O–H groups in total. The van der Waals surface area contributed by atoms with Gasteiger partial charge in [0.05, 0.1) is 0 Å². The summed E-state index contributed by atoms with van der Waals surface area (Å²) in [5.74, 6) is 1.30. The summed E-state index contributed by atoms with van der Waals surface area (Å²) in [5, 5.41) is 0. The average molecular weight is 351 g/mol. The molecule has 1 aliphatic heterocycles. The molecule has 0 nitrogen and oxygen atoms in total. The summed E-state index contributed by atoms with van der Waals surface area (Å²) < 4.78 is 15.3. The molecular formula is C17H16BrFS. The molecule has 20 heavy (non-hydrogen) atoms. The van der Waals surface area contributed by atoms with E-state index < -0.39 is 0 Å². The van der Waals surface area contributed by atoms with E-state index in [1.54, 1.807) is 17.8 Å². The molecule has 2 aromatic rings. The van der Waals surface area contributed by atoms with Crippen LogP contribution in [-0.4, -0.2) is 0 Å². The quantitative estimate of drug-likeness (QED) is 0.609. The van der Waals surface area contributed by atoms with Gasteiger partial charge in [0.1, 0.15) is 5.82 Å². The second kappa shape index (κ2) is 5.53. The molecule has 0 aromatic heterocycles. The first-order chi connectivity index (χ1) is 9.59. The number of thioether (sulfide) groups is 1. The van der Waals surface area contributed by atoms with Gasteiger partial charge in [-0.25, -0.2) is 4.39 Å². The maximum Gasteiger partial charge on any atom is 0.127 e. The molecule has 1 aliphatic rings. The second-order valence-corrected chi connectivity index (χ2v) is 7.32. The van der Waals surface area contributed by atoms with Crippen LogP contribution in [0.4, 0.5) is 4.39 Å². The van der Waals surface area contributed by atoms with Crippen molar-refractivity contribution in [3.8, 4) is 0 Å². The van der Waals surface area contributed by atoms with Crippen molar-refractivity contribution in [2.75, 3.05) is 0 Å². The summed E-state index contributed by atoms with van der Waals surface area (Å²) in [6.07, 6.45) is 0. The number of hydrogen-bond acceptors (Lipinski definition) is 1. The highest BCUT2D eigenvalue weighted by Crippen LogP contribution is 2.46. The molecule has 0 aliphatic carbocycles. The average Bonchev–Trinajstić information content (AvgIpc) is 2.57. The highest BCUT2D eigenvalue weighted by Gasteiger charge is 2.28. The summed E-state index contributed by atoms with van der Waals surface area (Å²) in [6, 6.07) is 11.8. The van der Waals surface area contributed by atoms with E-state index >= 15 is 0 Å². The third-order valence-electron chi connectivity index (χ3n) is 3.85. The summed E-state index contributed by atoms with van der Waals surface area (Å²) in [6.45, 7) is 4.42. The number of hydrogen-bond donors (Lipinski definition) is 0. The zero-order chi connectivity index (χ0) is 14.3. The molecule has 0 saturated carbocycles. The van der Waals surface area contributed by atoms with Crippen molar-refractivity contribution in [3.63, 3.8) is 0 Å². The Hall–Kier alpha value is -0.800. The van der Waals surface area contributed by atoms with Crippen molar-refractivity contribution in [1.29, 1.82) is 0 Å². The van der Waals surface area contributed by atoms with Gasteiger partial charge in [0.2, 0.25) is 0 Å². The highest BCUT2D eigenvalue weighted by atomic mass is 79.9. The fourth-order valence-corrected chi connectivity index (χ4v) is 4.86. The molecule has 0 spiro atoms. The van der Waals surface area contributed by atoms with Crippen LogP contribution in [0.2, 0.25) is 0 Å². The van der Waals surface area contributed by atoms with Gasteiger partial charge < -0.3 is 0 Å². The lowest BCUT2D eigenvalue weighted by Crippen LogP contribution is -2.11. The van der Waals surface area contributed by atoms with Crippen molar-refractivity contribution in [2.45, 2.75) is 30.4 Å². The Bertz CT molecular complexity index is 598. The first kappa shape index (κ1) is 14.2. The smallest absolute Gasteiger partial charge is 0.127 e. The van der Waals surface area contributed by atoms with Gasteiger partial charge in [-0.05, 0) is 45.1 Å². The number of benzene rings is 2. The van der Waals surface area contributed by atoms with Crippen molar-refractivity contribution >= 4 is 27.7 Å². The summed E-state index contributed by atoms with van der Waals surface area (Å²) >= 11 is 5.37. The van der Waals surface area contributed by atoms with E-state index in [4.69, 9.17) is 0 Å². The lowest BCUT2D eigenvalue weighted by Gasteiger charge is -2.24. The maximum atomic E-state index is 14.2. The molecule has 1 atom stereocenters. The van der Waals surface area contributed by atoms with Crippen LogP contribution in [0.15, 0.2) is 45.8 Å². The number of fused-ring (bicyclic) bond motifs is 2. The molecule has 1 unspecified atom stereocenters. The summed E-state index contributed by atoms with van der Waals surface area (Å²) in [5.41, 5.74) is 3.31. The summed E-state index contributed by atoms with van der Waals surface area (Å²) in [7, 11) is 0. The first-order valence-electron chi connectivity index (χ1n) is 6.78. The molecule has 3 rings (SSSR count). The van der Waals surface area contributed by atoms with Gasteiger partial charge in [-0.15, -0.1) is 11.8 Å². The molecule has 3 heteroatoms. The van der Waals surface area contributed by atoms with Crippen LogP contribution in [0.25, 0.3) is 0 Å². The van der Waals surface area contributed by atoms with E-state index in [1.807, 2.05) is 6.07 Å². The van der Waals surface area contributed by atoms with Gasteiger partial charge in [0.25, 0.3) is 0 Å². The van der Waals surface area contributed by atoms with Crippen LogP contribution in [0.1, 0.15) is 36.5 Å². The van der Waals surface area contributed by atoms with Gasteiger partial charge in [0, 0.05) is 26.6 Å². The SMILES string of the molecule is CC(C)C1c2cccc(F)c2CSc2c(Br)cccc21. The first-order valence-corrected chi connectivity index (χ1v) is 8.56. The Labute approximate surface area is 131 Å². The van der Waals surface area contributed by atoms with Gasteiger partial charge in [0.15, 0.2) is 0 Å². The maximum absolute atomic E-state index is 14.2. The van der Waals surface area contributed by atoms with Crippen molar-refractivity contribution < 1.29 is 4.39 Å². The minimum absolute atomic E-state index is 0.0791.